The van der Waals surface area contributed by atoms with E-state index in [2.05, 4.69) is 72.8 Å². The first kappa shape index (κ1) is 96.5. The van der Waals surface area contributed by atoms with Crippen molar-refractivity contribution >= 4 is 39.5 Å². The van der Waals surface area contributed by atoms with Gasteiger partial charge in [0.25, 0.3) is 0 Å². The van der Waals surface area contributed by atoms with Gasteiger partial charge in [0.2, 0.25) is 0 Å². The van der Waals surface area contributed by atoms with Crippen LogP contribution in [-0.2, 0) is 65.4 Å². The summed E-state index contributed by atoms with van der Waals surface area (Å²) in [5, 5.41) is 10.6. The summed E-state index contributed by atoms with van der Waals surface area (Å²) in [7, 11) is -9.93. The number of aliphatic hydroxyl groups is 1. The molecule has 0 saturated carbocycles. The predicted octanol–water partition coefficient (Wildman–Crippen LogP) is 23.3. The third-order valence-corrected chi connectivity index (χ3v) is 20.3. The monoisotopic (exact) mass is 1450 g/mol. The predicted molar refractivity (Wildman–Crippen MR) is 404 cm³/mol. The van der Waals surface area contributed by atoms with Gasteiger partial charge in [0.1, 0.15) is 19.3 Å². The van der Waals surface area contributed by atoms with E-state index in [1.54, 1.807) is 0 Å². The van der Waals surface area contributed by atoms with Crippen LogP contribution < -0.4 is 0 Å². The molecule has 6 atom stereocenters. The molecule has 17 nitrogen and oxygen atoms in total. The van der Waals surface area contributed by atoms with E-state index in [9.17, 15) is 43.2 Å². The average Bonchev–Trinajstić information content (AvgIpc) is 1.22. The van der Waals surface area contributed by atoms with E-state index >= 15 is 0 Å². The van der Waals surface area contributed by atoms with Gasteiger partial charge in [-0.2, -0.15) is 0 Å². The van der Waals surface area contributed by atoms with E-state index < -0.39 is 97.5 Å². The zero-order chi connectivity index (χ0) is 73.0. The molecular weight excluding hydrogens is 1290 g/mol. The lowest BCUT2D eigenvalue weighted by Crippen LogP contribution is -2.30. The summed E-state index contributed by atoms with van der Waals surface area (Å²) in [6.45, 7) is 11.9. The third-order valence-electron chi connectivity index (χ3n) is 18.4. The van der Waals surface area contributed by atoms with E-state index in [0.29, 0.717) is 25.7 Å². The Bertz CT molecular complexity index is 2020. The highest BCUT2D eigenvalue weighted by atomic mass is 31.2. The molecule has 0 radical (unpaired) electrons. The fourth-order valence-electron chi connectivity index (χ4n) is 11.7. The molecule has 0 aromatic carbocycles. The van der Waals surface area contributed by atoms with Gasteiger partial charge in [-0.15, -0.1) is 0 Å². The van der Waals surface area contributed by atoms with Crippen LogP contribution in [0.1, 0.15) is 389 Å². The van der Waals surface area contributed by atoms with Crippen molar-refractivity contribution in [2.75, 3.05) is 39.6 Å². The first-order valence-electron chi connectivity index (χ1n) is 40.7. The first-order chi connectivity index (χ1) is 47.8. The molecule has 0 aromatic rings. The highest BCUT2D eigenvalue weighted by Gasteiger charge is 2.30. The van der Waals surface area contributed by atoms with Gasteiger partial charge in [0, 0.05) is 25.7 Å². The highest BCUT2D eigenvalue weighted by Crippen LogP contribution is 2.45. The van der Waals surface area contributed by atoms with Crippen LogP contribution in [0.5, 0.6) is 0 Å². The minimum atomic E-state index is -4.97. The van der Waals surface area contributed by atoms with E-state index in [4.69, 9.17) is 37.0 Å². The van der Waals surface area contributed by atoms with Gasteiger partial charge in [-0.3, -0.25) is 37.3 Å². The molecule has 0 amide bonds. The standard InChI is InChI=1S/C80H152O17P2/c1-8-10-11-12-13-14-15-16-19-23-29-34-39-47-54-61-77(82)90-67-75(96-79(84)64-57-50-41-36-31-26-25-28-33-38-45-52-59-72(5)6)69-94-98(86,87)92-65-74(81)66-93-99(88,89)95-70-76(68-91-78(83)62-55-48-43-42-46-53-60-73(7)9-2)97-80(85)63-56-49-40-35-30-24-21-18-17-20-22-27-32-37-44-51-58-71(3)4/h14-16,19,71-76,81H,8-13,17-18,20-70H2,1-7H3,(H,86,87)(H,88,89)/b15-14-,19-16-/t73?,74-,75-,76-/m1/s1. The summed E-state index contributed by atoms with van der Waals surface area (Å²) >= 11 is 0. The van der Waals surface area contributed by atoms with Crippen molar-refractivity contribution in [1.29, 1.82) is 0 Å². The van der Waals surface area contributed by atoms with Crippen molar-refractivity contribution < 1.29 is 80.2 Å². The number of carbonyl (C=O) groups excluding carboxylic acids is 4. The SMILES string of the molecule is CCCCCC/C=C\C=C/CCCCCCCC(=O)OC[C@H](COP(=O)(O)OC[C@@H](O)COP(=O)(O)OC[C@@H](COC(=O)CCCCCCCCC(C)CC)OC(=O)CCCCCCCCCCCCCCCCCCC(C)C)OC(=O)CCCCCCCCCCCCCCC(C)C. The van der Waals surface area contributed by atoms with Crippen molar-refractivity contribution in [2.45, 2.75) is 407 Å². The van der Waals surface area contributed by atoms with E-state index in [-0.39, 0.29) is 25.7 Å². The van der Waals surface area contributed by atoms with Crippen LogP contribution >= 0.6 is 15.6 Å². The van der Waals surface area contributed by atoms with Crippen molar-refractivity contribution in [1.82, 2.24) is 0 Å². The molecule has 0 saturated heterocycles. The largest absolute Gasteiger partial charge is 0.472 e. The van der Waals surface area contributed by atoms with Crippen LogP contribution in [0.15, 0.2) is 24.3 Å². The molecule has 3 N–H and O–H groups in total. The molecule has 0 aliphatic heterocycles. The molecule has 0 aliphatic rings. The van der Waals surface area contributed by atoms with Gasteiger partial charge >= 0.3 is 39.5 Å². The van der Waals surface area contributed by atoms with Crippen molar-refractivity contribution in [2.24, 2.45) is 17.8 Å². The van der Waals surface area contributed by atoms with Crippen molar-refractivity contribution in [3.63, 3.8) is 0 Å². The molecule has 3 unspecified atom stereocenters. The van der Waals surface area contributed by atoms with E-state index in [1.807, 2.05) is 0 Å². The number of unbranched alkanes of at least 4 members (excludes halogenated alkanes) is 40. The molecule has 99 heavy (non-hydrogen) atoms. The second-order valence-corrected chi connectivity index (χ2v) is 32.2. The number of hydrogen-bond acceptors (Lipinski definition) is 15. The number of ether oxygens (including phenoxy) is 4. The number of carbonyl (C=O) groups is 4. The summed E-state index contributed by atoms with van der Waals surface area (Å²) < 4.78 is 68.6. The zero-order valence-electron chi connectivity index (χ0n) is 64.4. The van der Waals surface area contributed by atoms with E-state index in [0.717, 1.165) is 133 Å². The van der Waals surface area contributed by atoms with Crippen molar-refractivity contribution in [3.05, 3.63) is 24.3 Å². The number of phosphoric ester groups is 2. The minimum Gasteiger partial charge on any atom is -0.462 e. The summed E-state index contributed by atoms with van der Waals surface area (Å²) in [4.78, 5) is 73.0. The molecule has 19 heteroatoms. The zero-order valence-corrected chi connectivity index (χ0v) is 66.2. The average molecular weight is 1450 g/mol. The molecule has 0 heterocycles. The fourth-order valence-corrected chi connectivity index (χ4v) is 13.3. The Morgan fingerprint density at radius 2 is 0.596 bits per heavy atom. The topological polar surface area (TPSA) is 237 Å². The van der Waals surface area contributed by atoms with Gasteiger partial charge in [0.05, 0.1) is 26.4 Å². The summed E-state index contributed by atoms with van der Waals surface area (Å²) in [6.07, 6.45) is 60.5. The molecule has 0 fully saturated rings. The first-order valence-corrected chi connectivity index (χ1v) is 43.7. The van der Waals surface area contributed by atoms with E-state index in [1.165, 1.54) is 173 Å². The van der Waals surface area contributed by atoms with Gasteiger partial charge in [-0.25, -0.2) is 9.13 Å². The Labute approximate surface area is 605 Å². The molecule has 0 rings (SSSR count). The molecule has 0 aliphatic carbocycles. The fraction of sp³-hybridized carbons (Fsp3) is 0.900. The van der Waals surface area contributed by atoms with Gasteiger partial charge in [-0.05, 0) is 69.1 Å². The number of allylic oxidation sites excluding steroid dienone is 4. The van der Waals surface area contributed by atoms with Crippen LogP contribution in [0.2, 0.25) is 0 Å². The Balaban J connectivity index is 5.27. The number of esters is 4. The van der Waals surface area contributed by atoms with Gasteiger partial charge in [-0.1, -0.05) is 336 Å². The second-order valence-electron chi connectivity index (χ2n) is 29.3. The maximum atomic E-state index is 13.1. The van der Waals surface area contributed by atoms with Crippen LogP contribution in [0.3, 0.4) is 0 Å². The quantitative estimate of drug-likeness (QED) is 0.0169. The van der Waals surface area contributed by atoms with Crippen LogP contribution in [0.4, 0.5) is 0 Å². The summed E-state index contributed by atoms with van der Waals surface area (Å²) in [6, 6.07) is 0. The number of phosphoric acid groups is 2. The van der Waals surface area contributed by atoms with Gasteiger partial charge in [0.15, 0.2) is 12.2 Å². The molecule has 0 aromatic heterocycles. The minimum absolute atomic E-state index is 0.0997. The lowest BCUT2D eigenvalue weighted by atomic mass is 10.00. The third kappa shape index (κ3) is 72.3. The number of aliphatic hydroxyl groups excluding tert-OH is 1. The molecule has 0 spiro atoms. The Kier molecular flexibility index (Phi) is 68.1. The lowest BCUT2D eigenvalue weighted by Gasteiger charge is -2.21. The van der Waals surface area contributed by atoms with Crippen molar-refractivity contribution in [3.8, 4) is 0 Å². The summed E-state index contributed by atoms with van der Waals surface area (Å²) in [5.74, 6) is 0.167. The Morgan fingerprint density at radius 1 is 0.333 bits per heavy atom. The maximum absolute atomic E-state index is 13.1. The Hall–Kier alpha value is -2.46. The highest BCUT2D eigenvalue weighted by molar-refractivity contribution is 7.47. The smallest absolute Gasteiger partial charge is 0.462 e. The maximum Gasteiger partial charge on any atom is 0.472 e. The van der Waals surface area contributed by atoms with Crippen LogP contribution in [0, 0.1) is 17.8 Å². The van der Waals surface area contributed by atoms with Crippen LogP contribution in [0.25, 0.3) is 0 Å². The lowest BCUT2D eigenvalue weighted by molar-refractivity contribution is -0.161. The molecule has 0 bridgehead atoms. The van der Waals surface area contributed by atoms with Gasteiger partial charge < -0.3 is 33.8 Å². The number of rotatable bonds is 76. The molecular formula is C80H152O17P2. The van der Waals surface area contributed by atoms with Crippen LogP contribution in [-0.4, -0.2) is 96.7 Å². The number of hydrogen-bond donors (Lipinski definition) is 3. The summed E-state index contributed by atoms with van der Waals surface area (Å²) in [5.41, 5.74) is 0. The normalized spacial score (nSPS) is 14.4. The molecule has 584 valence electrons. The Morgan fingerprint density at radius 3 is 0.899 bits per heavy atom. The second kappa shape index (κ2) is 69.9.